The molecule has 3 rings (SSSR count). The zero-order valence-corrected chi connectivity index (χ0v) is 48.2. The summed E-state index contributed by atoms with van der Waals surface area (Å²) in [6.07, 6.45) is 34.5. The number of nitrogens with two attached hydrogens (primary N) is 1. The summed E-state index contributed by atoms with van der Waals surface area (Å²) in [5.74, 6) is -0.429. The molecule has 21 heteroatoms. The first-order valence-electron chi connectivity index (χ1n) is 29.2. The van der Waals surface area contributed by atoms with E-state index in [0.717, 1.165) is 81.1 Å². The lowest BCUT2D eigenvalue weighted by molar-refractivity contribution is -0.161. The lowest BCUT2D eigenvalue weighted by Gasteiger charge is -2.21. The number of nitrogens with zero attached hydrogens (tertiary/aromatic N) is 2. The summed E-state index contributed by atoms with van der Waals surface area (Å²) in [5, 5.41) is 21.0. The standard InChI is InChI=1S/C55H99N3O16P2/c1-4-6-29-35-46-47(72-46)36-31-26-22-19-20-24-28-33-38-51(60)71-45(41-68-50(59)37-32-27-23-18-16-14-12-10-8-7-9-11-13-15-17-21-25-30-34-44(3)5-2)42-69-75(64,65)74-76(66,67)70-43-48-52(61)53(62)54(73-48)58-40-39-49(56)57-55(58)63/h26,31,39-40,44-48,52-54,61-62H,4-25,27-30,32-38,41-43H2,1-3H3,(H,64,65)(H,66,67)(H2,56,57,63)/b31-26-/t44?,45-,46?,47?,48-,52-,53-,54-/m1/s1. The van der Waals surface area contributed by atoms with E-state index in [9.17, 15) is 43.5 Å². The largest absolute Gasteiger partial charge is 0.481 e. The number of aliphatic hydroxyl groups excluding tert-OH is 2. The smallest absolute Gasteiger partial charge is 0.462 e. The fourth-order valence-corrected chi connectivity index (χ4v) is 11.4. The third-order valence-corrected chi connectivity index (χ3v) is 16.9. The normalized spacial score (nSPS) is 21.8. The molecule has 2 aliphatic heterocycles. The van der Waals surface area contributed by atoms with Crippen molar-refractivity contribution in [3.63, 3.8) is 0 Å². The number of hydrogen-bond donors (Lipinski definition) is 5. The molecule has 0 aromatic carbocycles. The van der Waals surface area contributed by atoms with Gasteiger partial charge in [0.1, 0.15) is 30.7 Å². The number of carbonyl (C=O) groups is 2. The van der Waals surface area contributed by atoms with Crippen molar-refractivity contribution >= 4 is 33.4 Å². The number of phosphoric acid groups is 2. The van der Waals surface area contributed by atoms with Gasteiger partial charge in [0.2, 0.25) is 0 Å². The molecule has 6 N–H and O–H groups in total. The Morgan fingerprint density at radius 3 is 1.83 bits per heavy atom. The molecular weight excluding hydrogens is 1020 g/mol. The highest BCUT2D eigenvalue weighted by Crippen LogP contribution is 2.60. The number of aliphatic hydroxyl groups is 2. The van der Waals surface area contributed by atoms with Crippen LogP contribution in [0, 0.1) is 5.92 Å². The Morgan fingerprint density at radius 2 is 1.25 bits per heavy atom. The molecule has 0 aliphatic carbocycles. The van der Waals surface area contributed by atoms with Gasteiger partial charge in [-0.05, 0) is 50.5 Å². The van der Waals surface area contributed by atoms with Crippen molar-refractivity contribution in [3.05, 3.63) is 34.9 Å². The number of nitrogen functional groups attached to an aromatic ring is 1. The van der Waals surface area contributed by atoms with Gasteiger partial charge in [0.05, 0.1) is 25.4 Å². The zero-order chi connectivity index (χ0) is 55.4. The van der Waals surface area contributed by atoms with E-state index < -0.39 is 83.7 Å². The van der Waals surface area contributed by atoms with Crippen LogP contribution in [-0.2, 0) is 51.0 Å². The molecule has 2 fully saturated rings. The van der Waals surface area contributed by atoms with Gasteiger partial charge >= 0.3 is 33.3 Å². The van der Waals surface area contributed by atoms with Crippen molar-refractivity contribution in [1.82, 2.24) is 9.55 Å². The average molecular weight is 1120 g/mol. The van der Waals surface area contributed by atoms with Crippen molar-refractivity contribution in [2.45, 2.75) is 276 Å². The first kappa shape index (κ1) is 67.7. The number of hydrogen-bond acceptors (Lipinski definition) is 16. The fourth-order valence-electron chi connectivity index (χ4n) is 9.30. The molecule has 440 valence electrons. The summed E-state index contributed by atoms with van der Waals surface area (Å²) in [6.45, 7) is 4.53. The number of ether oxygens (including phenoxy) is 4. The van der Waals surface area contributed by atoms with Gasteiger partial charge in [-0.15, -0.1) is 0 Å². The average Bonchev–Trinajstić information content (AvgIpc) is 4.07. The van der Waals surface area contributed by atoms with Crippen LogP contribution in [0.1, 0.15) is 239 Å². The van der Waals surface area contributed by atoms with Crippen molar-refractivity contribution in [2.75, 3.05) is 25.6 Å². The van der Waals surface area contributed by atoms with E-state index >= 15 is 0 Å². The molecule has 5 unspecified atom stereocenters. The Bertz CT molecular complexity index is 1910. The van der Waals surface area contributed by atoms with E-state index in [1.165, 1.54) is 128 Å². The summed E-state index contributed by atoms with van der Waals surface area (Å²) in [7, 11) is -10.9. The van der Waals surface area contributed by atoms with Gasteiger partial charge in [0.15, 0.2) is 12.3 Å². The lowest BCUT2D eigenvalue weighted by atomic mass is 9.99. The molecule has 0 radical (unpaired) electrons. The number of esters is 2. The number of unbranched alkanes of at least 4 members (excludes halogenated alkanes) is 24. The third kappa shape index (κ3) is 31.3. The van der Waals surface area contributed by atoms with Crippen molar-refractivity contribution in [2.24, 2.45) is 5.92 Å². The molecule has 1 aromatic heterocycles. The van der Waals surface area contributed by atoms with Crippen LogP contribution in [0.2, 0.25) is 0 Å². The van der Waals surface area contributed by atoms with Crippen molar-refractivity contribution in [3.8, 4) is 0 Å². The number of anilines is 1. The third-order valence-electron chi connectivity index (χ3n) is 14.3. The van der Waals surface area contributed by atoms with E-state index in [4.69, 9.17) is 33.7 Å². The highest BCUT2D eigenvalue weighted by Gasteiger charge is 2.46. The number of phosphoric ester groups is 2. The van der Waals surface area contributed by atoms with E-state index in [1.807, 2.05) is 0 Å². The Hall–Kier alpha value is -2.54. The van der Waals surface area contributed by atoms with Crippen LogP contribution in [0.25, 0.3) is 0 Å². The van der Waals surface area contributed by atoms with Crippen molar-refractivity contribution in [1.29, 1.82) is 0 Å². The van der Waals surface area contributed by atoms with Crippen LogP contribution in [0.3, 0.4) is 0 Å². The SMILES string of the molecule is CCCCCC1OC1C/C=C\CCCCCCCC(=O)O[C@H](COC(=O)CCCCCCCCCCCCCCCCCCCCC(C)CC)COP(=O)(O)OP(=O)(O)OC[C@H]1O[C@@H](n2ccc(N)nc2=O)[C@H](O)[C@@H]1O. The Kier molecular flexibility index (Phi) is 35.4. The second kappa shape index (κ2) is 39.8. The quantitative estimate of drug-likeness (QED) is 0.0133. The molecule has 3 heterocycles. The van der Waals surface area contributed by atoms with Crippen LogP contribution < -0.4 is 11.4 Å². The molecule has 2 aliphatic rings. The van der Waals surface area contributed by atoms with E-state index in [1.54, 1.807) is 0 Å². The van der Waals surface area contributed by atoms with Gasteiger partial charge in [0.25, 0.3) is 0 Å². The number of carbonyl (C=O) groups excluding carboxylic acids is 2. The summed E-state index contributed by atoms with van der Waals surface area (Å²) in [4.78, 5) is 62.2. The molecule has 19 nitrogen and oxygen atoms in total. The minimum Gasteiger partial charge on any atom is -0.462 e. The van der Waals surface area contributed by atoms with Gasteiger partial charge in [0, 0.05) is 19.0 Å². The highest BCUT2D eigenvalue weighted by atomic mass is 31.3. The summed E-state index contributed by atoms with van der Waals surface area (Å²) in [6, 6.07) is 1.25. The second-order valence-corrected chi connectivity index (χ2v) is 24.2. The number of rotatable bonds is 48. The van der Waals surface area contributed by atoms with Gasteiger partial charge < -0.3 is 44.7 Å². The minimum atomic E-state index is -5.43. The molecule has 0 amide bonds. The van der Waals surface area contributed by atoms with Crippen LogP contribution in [-0.4, -0.2) is 97.9 Å². The maximum absolute atomic E-state index is 12.9. The number of allylic oxidation sites excluding steroid dienone is 1. The summed E-state index contributed by atoms with van der Waals surface area (Å²) < 4.78 is 62.8. The van der Waals surface area contributed by atoms with Gasteiger partial charge in [-0.2, -0.15) is 9.29 Å². The van der Waals surface area contributed by atoms with Gasteiger partial charge in [-0.3, -0.25) is 23.2 Å². The predicted molar refractivity (Wildman–Crippen MR) is 293 cm³/mol. The Balaban J connectivity index is 1.33. The van der Waals surface area contributed by atoms with E-state index in [0.29, 0.717) is 25.0 Å². The summed E-state index contributed by atoms with van der Waals surface area (Å²) in [5.41, 5.74) is 4.60. The van der Waals surface area contributed by atoms with Gasteiger partial charge in [-0.25, -0.2) is 13.9 Å². The molecule has 0 bridgehead atoms. The topological polar surface area (TPSA) is 278 Å². The minimum absolute atomic E-state index is 0.0330. The first-order chi connectivity index (χ1) is 36.5. The molecule has 0 spiro atoms. The first-order valence-corrected chi connectivity index (χ1v) is 32.2. The second-order valence-electron chi connectivity index (χ2n) is 21.1. The molecule has 76 heavy (non-hydrogen) atoms. The maximum atomic E-state index is 12.9. The predicted octanol–water partition coefficient (Wildman–Crippen LogP) is 12.0. The number of epoxide rings is 1. The fraction of sp³-hybridized carbons (Fsp3) is 0.855. The summed E-state index contributed by atoms with van der Waals surface area (Å²) >= 11 is 0. The van der Waals surface area contributed by atoms with Crippen LogP contribution in [0.15, 0.2) is 29.2 Å². The molecule has 10 atom stereocenters. The molecule has 1 aromatic rings. The Morgan fingerprint density at radius 1 is 0.697 bits per heavy atom. The zero-order valence-electron chi connectivity index (χ0n) is 46.4. The van der Waals surface area contributed by atoms with Crippen LogP contribution >= 0.6 is 15.6 Å². The Labute approximate surface area is 454 Å². The van der Waals surface area contributed by atoms with Crippen LogP contribution in [0.5, 0.6) is 0 Å². The molecule has 2 saturated heterocycles. The van der Waals surface area contributed by atoms with Gasteiger partial charge in [-0.1, -0.05) is 193 Å². The lowest BCUT2D eigenvalue weighted by Crippen LogP contribution is -2.36. The van der Waals surface area contributed by atoms with E-state index in [-0.39, 0.29) is 18.7 Å². The number of aromatic nitrogens is 2. The van der Waals surface area contributed by atoms with Crippen molar-refractivity contribution < 1.29 is 71.0 Å². The monoisotopic (exact) mass is 1120 g/mol. The highest BCUT2D eigenvalue weighted by molar-refractivity contribution is 7.61. The molecular formula is C55H99N3O16P2. The van der Waals surface area contributed by atoms with E-state index in [2.05, 4.69) is 42.2 Å². The van der Waals surface area contributed by atoms with Crippen LogP contribution in [0.4, 0.5) is 5.82 Å². The maximum Gasteiger partial charge on any atom is 0.481 e. The molecule has 0 saturated carbocycles.